The smallest absolute Gasteiger partial charge is 0.261 e. The topological polar surface area (TPSA) is 78.5 Å². The average molecular weight is 478 g/mol. The third-order valence-electron chi connectivity index (χ3n) is 5.68. The highest BCUT2D eigenvalue weighted by Gasteiger charge is 2.21. The van der Waals surface area contributed by atoms with Crippen molar-refractivity contribution in [3.8, 4) is 0 Å². The van der Waals surface area contributed by atoms with Gasteiger partial charge in [0.15, 0.2) is 0 Å². The minimum absolute atomic E-state index is 0.158. The zero-order valence-electron chi connectivity index (χ0n) is 18.9. The summed E-state index contributed by atoms with van der Waals surface area (Å²) in [6.07, 6.45) is 2.12. The monoisotopic (exact) mass is 477 g/mol. The van der Waals surface area contributed by atoms with Gasteiger partial charge < -0.3 is 10.2 Å². The molecule has 0 aromatic heterocycles. The molecule has 0 saturated carbocycles. The van der Waals surface area contributed by atoms with Gasteiger partial charge in [-0.2, -0.15) is 0 Å². The molecule has 0 radical (unpaired) electrons. The molecular weight excluding hydrogens is 446 g/mol. The number of benzene rings is 2. The van der Waals surface area contributed by atoms with E-state index >= 15 is 0 Å². The molecule has 32 heavy (non-hydrogen) atoms. The second kappa shape index (κ2) is 10.7. The van der Waals surface area contributed by atoms with Crippen LogP contribution in [0, 0.1) is 18.8 Å². The number of likely N-dealkylation sites (tertiary alicyclic amines) is 1. The summed E-state index contributed by atoms with van der Waals surface area (Å²) in [6.45, 7) is 10.1. The summed E-state index contributed by atoms with van der Waals surface area (Å²) in [5, 5.41) is 3.18. The van der Waals surface area contributed by atoms with E-state index < -0.39 is 10.0 Å². The summed E-state index contributed by atoms with van der Waals surface area (Å²) in [4.78, 5) is 15.3. The van der Waals surface area contributed by atoms with Gasteiger partial charge in [0.05, 0.1) is 15.5 Å². The zero-order chi connectivity index (χ0) is 23.3. The Balaban J connectivity index is 1.57. The fourth-order valence-corrected chi connectivity index (χ4v) is 5.52. The van der Waals surface area contributed by atoms with Crippen LogP contribution in [0.25, 0.3) is 0 Å². The van der Waals surface area contributed by atoms with E-state index in [9.17, 15) is 13.2 Å². The van der Waals surface area contributed by atoms with Gasteiger partial charge in [-0.15, -0.1) is 0 Å². The Morgan fingerprint density at radius 2 is 1.75 bits per heavy atom. The standard InChI is InChI=1S/C24H32ClN3O3S/c1-17-5-8-21(9-6-17)32(30,31)27-20-7-10-23(25)22(14-20)24(29)26-11-4-12-28-15-18(2)13-19(3)16-28/h5-10,14,18-19,27H,4,11-13,15-16H2,1-3H3,(H,26,29)/t18-,19-/m0/s1. The van der Waals surface area contributed by atoms with Crippen LogP contribution in [0.3, 0.4) is 0 Å². The van der Waals surface area contributed by atoms with Crippen LogP contribution in [-0.4, -0.2) is 45.4 Å². The second-order valence-corrected chi connectivity index (χ2v) is 11.0. The molecule has 0 bridgehead atoms. The summed E-state index contributed by atoms with van der Waals surface area (Å²) in [5.41, 5.74) is 1.51. The van der Waals surface area contributed by atoms with Crippen LogP contribution in [0.4, 0.5) is 5.69 Å². The third-order valence-corrected chi connectivity index (χ3v) is 7.40. The molecule has 2 aromatic carbocycles. The molecule has 6 nitrogen and oxygen atoms in total. The number of anilines is 1. The van der Waals surface area contributed by atoms with Gasteiger partial charge >= 0.3 is 0 Å². The molecule has 0 spiro atoms. The van der Waals surface area contributed by atoms with Crippen LogP contribution in [-0.2, 0) is 10.0 Å². The largest absolute Gasteiger partial charge is 0.352 e. The van der Waals surface area contributed by atoms with Crippen LogP contribution in [0.5, 0.6) is 0 Å². The summed E-state index contributed by atoms with van der Waals surface area (Å²) < 4.78 is 27.8. The van der Waals surface area contributed by atoms with Gasteiger partial charge in [0.2, 0.25) is 0 Å². The first kappa shape index (κ1) is 24.6. The van der Waals surface area contributed by atoms with E-state index in [1.807, 2.05) is 6.92 Å². The van der Waals surface area contributed by atoms with Crippen molar-refractivity contribution in [1.82, 2.24) is 10.2 Å². The lowest BCUT2D eigenvalue weighted by atomic mass is 9.92. The molecule has 1 amide bonds. The van der Waals surface area contributed by atoms with Crippen LogP contribution in [0.2, 0.25) is 5.02 Å². The second-order valence-electron chi connectivity index (χ2n) is 8.93. The van der Waals surface area contributed by atoms with Crippen molar-refractivity contribution < 1.29 is 13.2 Å². The van der Waals surface area contributed by atoms with Crippen LogP contribution in [0.15, 0.2) is 47.4 Å². The Hall–Kier alpha value is -2.09. The van der Waals surface area contributed by atoms with Crippen LogP contribution < -0.4 is 10.0 Å². The van der Waals surface area contributed by atoms with E-state index in [1.165, 1.54) is 18.6 Å². The molecule has 3 rings (SSSR count). The van der Waals surface area contributed by atoms with Gasteiger partial charge in [0.25, 0.3) is 15.9 Å². The molecule has 174 valence electrons. The van der Waals surface area contributed by atoms with Crippen LogP contribution >= 0.6 is 11.6 Å². The maximum atomic E-state index is 12.7. The number of hydrogen-bond acceptors (Lipinski definition) is 4. The lowest BCUT2D eigenvalue weighted by Gasteiger charge is -2.34. The van der Waals surface area contributed by atoms with Crippen molar-refractivity contribution in [3.05, 3.63) is 58.6 Å². The number of piperidine rings is 1. The first-order chi connectivity index (χ1) is 15.1. The van der Waals surface area contributed by atoms with E-state index in [2.05, 4.69) is 28.8 Å². The first-order valence-corrected chi connectivity index (χ1v) is 12.9. The van der Waals surface area contributed by atoms with Gasteiger partial charge in [0.1, 0.15) is 0 Å². The molecule has 0 unspecified atom stereocenters. The minimum Gasteiger partial charge on any atom is -0.352 e. The highest BCUT2D eigenvalue weighted by molar-refractivity contribution is 7.92. The van der Waals surface area contributed by atoms with E-state index in [4.69, 9.17) is 11.6 Å². The fraction of sp³-hybridized carbons (Fsp3) is 0.458. The van der Waals surface area contributed by atoms with E-state index in [0.29, 0.717) is 18.4 Å². The molecule has 1 aliphatic rings. The highest BCUT2D eigenvalue weighted by Crippen LogP contribution is 2.24. The summed E-state index contributed by atoms with van der Waals surface area (Å²) in [7, 11) is -3.76. The molecule has 2 N–H and O–H groups in total. The molecule has 1 fully saturated rings. The first-order valence-electron chi connectivity index (χ1n) is 11.0. The van der Waals surface area contributed by atoms with Crippen molar-refractivity contribution >= 4 is 33.2 Å². The molecule has 2 aromatic rings. The Labute approximate surface area is 196 Å². The van der Waals surface area contributed by atoms with Crippen molar-refractivity contribution in [1.29, 1.82) is 0 Å². The van der Waals surface area contributed by atoms with Crippen molar-refractivity contribution in [2.24, 2.45) is 11.8 Å². The Bertz CT molecular complexity index is 1030. The number of carbonyl (C=O) groups is 1. The number of rotatable bonds is 8. The molecule has 1 aliphatic heterocycles. The number of carbonyl (C=O) groups excluding carboxylic acids is 1. The maximum absolute atomic E-state index is 12.7. The maximum Gasteiger partial charge on any atom is 0.261 e. The number of nitrogens with one attached hydrogen (secondary N) is 2. The third kappa shape index (κ3) is 6.70. The fourth-order valence-electron chi connectivity index (χ4n) is 4.27. The average Bonchev–Trinajstić information content (AvgIpc) is 2.72. The lowest BCUT2D eigenvalue weighted by molar-refractivity contribution is 0.0947. The summed E-state index contributed by atoms with van der Waals surface area (Å²) in [5.74, 6) is 1.10. The van der Waals surface area contributed by atoms with Gasteiger partial charge in [-0.1, -0.05) is 43.1 Å². The summed E-state index contributed by atoms with van der Waals surface area (Å²) in [6, 6.07) is 11.1. The predicted octanol–water partition coefficient (Wildman–Crippen LogP) is 4.55. The number of aryl methyl sites for hydroxylation is 1. The number of nitrogens with zero attached hydrogens (tertiary/aromatic N) is 1. The molecule has 0 aliphatic carbocycles. The molecule has 1 heterocycles. The molecule has 2 atom stereocenters. The zero-order valence-corrected chi connectivity index (χ0v) is 20.5. The molecule has 1 saturated heterocycles. The van der Waals surface area contributed by atoms with Gasteiger partial charge in [-0.25, -0.2) is 8.42 Å². The lowest BCUT2D eigenvalue weighted by Crippen LogP contribution is -2.40. The van der Waals surface area contributed by atoms with Crippen molar-refractivity contribution in [3.63, 3.8) is 0 Å². The van der Waals surface area contributed by atoms with Gasteiger partial charge in [-0.05, 0) is 68.5 Å². The predicted molar refractivity (Wildman–Crippen MR) is 130 cm³/mol. The minimum atomic E-state index is -3.76. The molecule has 8 heteroatoms. The number of halogens is 1. The Morgan fingerprint density at radius 3 is 2.41 bits per heavy atom. The van der Waals surface area contributed by atoms with E-state index in [1.54, 1.807) is 30.3 Å². The van der Waals surface area contributed by atoms with Gasteiger partial charge in [0, 0.05) is 25.3 Å². The SMILES string of the molecule is Cc1ccc(S(=O)(=O)Nc2ccc(Cl)c(C(=O)NCCCN3C[C@@H](C)C[C@H](C)C3)c2)cc1. The van der Waals surface area contributed by atoms with Gasteiger partial charge in [-0.3, -0.25) is 9.52 Å². The highest BCUT2D eigenvalue weighted by atomic mass is 35.5. The Morgan fingerprint density at radius 1 is 1.09 bits per heavy atom. The van der Waals surface area contributed by atoms with Crippen molar-refractivity contribution in [2.75, 3.05) is 30.9 Å². The number of amides is 1. The number of sulfonamides is 1. The quantitative estimate of drug-likeness (QED) is 0.547. The number of hydrogen-bond donors (Lipinski definition) is 2. The van der Waals surface area contributed by atoms with E-state index in [0.717, 1.165) is 31.6 Å². The van der Waals surface area contributed by atoms with E-state index in [-0.39, 0.29) is 27.1 Å². The normalized spacial score (nSPS) is 19.5. The summed E-state index contributed by atoms with van der Waals surface area (Å²) >= 11 is 6.22. The van der Waals surface area contributed by atoms with Crippen LogP contribution in [0.1, 0.15) is 42.6 Å². The molecular formula is C24H32ClN3O3S. The van der Waals surface area contributed by atoms with Crippen molar-refractivity contribution in [2.45, 2.75) is 38.5 Å². The Kier molecular flexibility index (Phi) is 8.20.